The summed E-state index contributed by atoms with van der Waals surface area (Å²) in [4.78, 5) is 12.0. The maximum atomic E-state index is 15.1. The summed E-state index contributed by atoms with van der Waals surface area (Å²) in [5.41, 5.74) is 0.356. The number of hydrogen-bond acceptors (Lipinski definition) is 7. The lowest BCUT2D eigenvalue weighted by atomic mass is 10.2. The molecule has 0 unspecified atom stereocenters. The molecule has 3 aromatic rings. The number of sulfonamides is 1. The average molecular weight is 585 g/mol. The number of hydrogen-bond donors (Lipinski definition) is 2. The van der Waals surface area contributed by atoms with Crippen LogP contribution in [0, 0.1) is 17.1 Å². The van der Waals surface area contributed by atoms with E-state index in [9.17, 15) is 13.2 Å². The Morgan fingerprint density at radius 1 is 1.20 bits per heavy atom. The van der Waals surface area contributed by atoms with Gasteiger partial charge in [0.2, 0.25) is 15.8 Å². The third-order valence-corrected chi connectivity index (χ3v) is 6.23. The molecule has 0 heterocycles. The van der Waals surface area contributed by atoms with E-state index in [1.807, 2.05) is 6.07 Å². The fraction of sp³-hybridized carbons (Fsp3) is 0.0909. The molecule has 0 fully saturated rings. The fourth-order valence-corrected chi connectivity index (χ4v) is 3.97. The Bertz CT molecular complexity index is 1450. The van der Waals surface area contributed by atoms with E-state index in [4.69, 9.17) is 36.2 Å². The molecule has 9 nitrogen and oxygen atoms in total. The molecule has 182 valence electrons. The van der Waals surface area contributed by atoms with Crippen LogP contribution in [0.25, 0.3) is 0 Å². The number of nitrogens with one attached hydrogen (secondary N) is 1. The summed E-state index contributed by atoms with van der Waals surface area (Å²) < 4.78 is 54.1. The predicted octanol–water partition coefficient (Wildman–Crippen LogP) is 4.58. The van der Waals surface area contributed by atoms with Gasteiger partial charge in [0.25, 0.3) is 5.91 Å². The molecule has 3 aromatic carbocycles. The van der Waals surface area contributed by atoms with Crippen molar-refractivity contribution in [1.82, 2.24) is 0 Å². The topological polar surface area (TPSA) is 141 Å². The zero-order chi connectivity index (χ0) is 25.8. The Balaban J connectivity index is 1.74. The van der Waals surface area contributed by atoms with Gasteiger partial charge in [0.1, 0.15) is 11.5 Å². The highest BCUT2D eigenvalue weighted by atomic mass is 79.9. The molecule has 1 amide bonds. The third-order valence-electron chi connectivity index (χ3n) is 4.38. The van der Waals surface area contributed by atoms with Gasteiger partial charge in [0, 0.05) is 6.07 Å². The maximum absolute atomic E-state index is 15.1. The summed E-state index contributed by atoms with van der Waals surface area (Å²) in [5.74, 6) is -1.61. The number of anilines is 1. The predicted molar refractivity (Wildman–Crippen MR) is 129 cm³/mol. The van der Waals surface area contributed by atoms with Crippen molar-refractivity contribution in [3.8, 4) is 29.1 Å². The SMILES string of the molecule is COc1cc(C#N)cc(Oc2c(Br)ccc(OCC(=O)Nc3ccc(S(N)(=O)=O)cc3Cl)c2F)c1. The van der Waals surface area contributed by atoms with Gasteiger partial charge in [0.15, 0.2) is 18.1 Å². The van der Waals surface area contributed by atoms with E-state index in [2.05, 4.69) is 21.2 Å². The number of carbonyl (C=O) groups excluding carboxylic acids is 1. The lowest BCUT2D eigenvalue weighted by Gasteiger charge is -2.14. The molecule has 0 radical (unpaired) electrons. The maximum Gasteiger partial charge on any atom is 0.262 e. The van der Waals surface area contributed by atoms with E-state index in [0.717, 1.165) is 6.07 Å². The highest BCUT2D eigenvalue weighted by Crippen LogP contribution is 2.38. The standard InChI is InChI=1S/C22H16BrClFN3O6S/c1-32-13-6-12(10-26)7-14(8-13)34-22-16(23)3-5-19(21(22)25)33-11-20(29)28-18-4-2-15(9-17(18)24)35(27,30)31/h2-9H,11H2,1H3,(H,28,29)(H2,27,30,31). The summed E-state index contributed by atoms with van der Waals surface area (Å²) in [7, 11) is -2.55. The first-order valence-electron chi connectivity index (χ1n) is 9.52. The van der Waals surface area contributed by atoms with Crippen molar-refractivity contribution in [2.45, 2.75) is 4.90 Å². The smallest absolute Gasteiger partial charge is 0.262 e. The summed E-state index contributed by atoms with van der Waals surface area (Å²) in [6.45, 7) is -0.594. The van der Waals surface area contributed by atoms with Crippen LogP contribution < -0.4 is 24.7 Å². The van der Waals surface area contributed by atoms with E-state index in [1.54, 1.807) is 0 Å². The van der Waals surface area contributed by atoms with Crippen molar-refractivity contribution in [3.05, 3.63) is 69.4 Å². The molecule has 0 atom stereocenters. The van der Waals surface area contributed by atoms with E-state index >= 15 is 4.39 Å². The molecule has 13 heteroatoms. The largest absolute Gasteiger partial charge is 0.497 e. The van der Waals surface area contributed by atoms with Crippen molar-refractivity contribution in [2.75, 3.05) is 19.0 Å². The molecule has 0 aliphatic heterocycles. The first-order valence-corrected chi connectivity index (χ1v) is 12.2. The minimum Gasteiger partial charge on any atom is -0.497 e. The number of primary sulfonamides is 1. The normalized spacial score (nSPS) is 10.9. The molecule has 0 spiro atoms. The van der Waals surface area contributed by atoms with Crippen LogP contribution >= 0.6 is 27.5 Å². The van der Waals surface area contributed by atoms with Crippen LogP contribution in [0.1, 0.15) is 5.56 Å². The Morgan fingerprint density at radius 3 is 2.54 bits per heavy atom. The molecular weight excluding hydrogens is 569 g/mol. The average Bonchev–Trinajstić information content (AvgIpc) is 2.81. The van der Waals surface area contributed by atoms with Gasteiger partial charge in [0.05, 0.1) is 38.8 Å². The number of rotatable bonds is 8. The lowest BCUT2D eigenvalue weighted by Crippen LogP contribution is -2.21. The van der Waals surface area contributed by atoms with Crippen LogP contribution in [0.15, 0.2) is 57.9 Å². The Labute approximate surface area is 213 Å². The monoisotopic (exact) mass is 583 g/mol. The zero-order valence-electron chi connectivity index (χ0n) is 17.8. The number of nitriles is 1. The molecular formula is C22H16BrClFN3O6S. The molecule has 3 rings (SSSR count). The second kappa shape index (κ2) is 10.9. The number of carbonyl (C=O) groups is 1. The van der Waals surface area contributed by atoms with Crippen molar-refractivity contribution < 1.29 is 31.8 Å². The number of methoxy groups -OCH3 is 1. The fourth-order valence-electron chi connectivity index (χ4n) is 2.75. The quantitative estimate of drug-likeness (QED) is 0.395. The Kier molecular flexibility index (Phi) is 8.18. The van der Waals surface area contributed by atoms with Crippen molar-refractivity contribution in [2.24, 2.45) is 5.14 Å². The van der Waals surface area contributed by atoms with E-state index in [-0.39, 0.29) is 42.9 Å². The first-order chi connectivity index (χ1) is 16.5. The van der Waals surface area contributed by atoms with E-state index in [1.165, 1.54) is 49.6 Å². The Morgan fingerprint density at radius 2 is 1.91 bits per heavy atom. The molecule has 0 aliphatic carbocycles. The van der Waals surface area contributed by atoms with Crippen LogP contribution in [0.2, 0.25) is 5.02 Å². The molecule has 35 heavy (non-hydrogen) atoms. The van der Waals surface area contributed by atoms with Gasteiger partial charge in [-0.1, -0.05) is 11.6 Å². The minimum atomic E-state index is -3.96. The molecule has 0 saturated heterocycles. The van der Waals surface area contributed by atoms with Gasteiger partial charge in [-0.15, -0.1) is 0 Å². The number of amides is 1. The number of benzene rings is 3. The zero-order valence-corrected chi connectivity index (χ0v) is 21.0. The van der Waals surface area contributed by atoms with Crippen LogP contribution in [-0.2, 0) is 14.8 Å². The number of nitrogens with zero attached hydrogens (tertiary/aromatic N) is 1. The number of halogens is 3. The van der Waals surface area contributed by atoms with Crippen LogP contribution in [-0.4, -0.2) is 28.0 Å². The van der Waals surface area contributed by atoms with Crippen LogP contribution in [0.4, 0.5) is 10.1 Å². The van der Waals surface area contributed by atoms with Gasteiger partial charge in [-0.05, 0) is 58.4 Å². The van der Waals surface area contributed by atoms with Gasteiger partial charge in [-0.2, -0.15) is 9.65 Å². The first kappa shape index (κ1) is 26.2. The number of nitrogens with two attached hydrogens (primary N) is 1. The van der Waals surface area contributed by atoms with Crippen molar-refractivity contribution in [1.29, 1.82) is 5.26 Å². The second-order valence-electron chi connectivity index (χ2n) is 6.82. The van der Waals surface area contributed by atoms with Gasteiger partial charge >= 0.3 is 0 Å². The molecule has 0 aromatic heterocycles. The van der Waals surface area contributed by atoms with E-state index in [0.29, 0.717) is 5.75 Å². The minimum absolute atomic E-state index is 0.0644. The summed E-state index contributed by atoms with van der Waals surface area (Å²) in [5, 5.41) is 16.6. The van der Waals surface area contributed by atoms with Crippen LogP contribution in [0.5, 0.6) is 23.0 Å². The molecule has 0 bridgehead atoms. The molecule has 0 aliphatic rings. The molecule has 3 N–H and O–H groups in total. The van der Waals surface area contributed by atoms with Crippen LogP contribution in [0.3, 0.4) is 0 Å². The highest BCUT2D eigenvalue weighted by Gasteiger charge is 2.18. The van der Waals surface area contributed by atoms with E-state index < -0.39 is 28.4 Å². The number of ether oxygens (including phenoxy) is 3. The Hall–Kier alpha value is -3.37. The lowest BCUT2D eigenvalue weighted by molar-refractivity contribution is -0.118. The summed E-state index contributed by atoms with van der Waals surface area (Å²) in [6, 6.07) is 12.6. The molecule has 0 saturated carbocycles. The van der Waals surface area contributed by atoms with Gasteiger partial charge in [-0.25, -0.2) is 13.6 Å². The van der Waals surface area contributed by atoms with Gasteiger partial charge < -0.3 is 19.5 Å². The van der Waals surface area contributed by atoms with Crippen molar-refractivity contribution >= 4 is 49.1 Å². The summed E-state index contributed by atoms with van der Waals surface area (Å²) in [6.07, 6.45) is 0. The summed E-state index contributed by atoms with van der Waals surface area (Å²) >= 11 is 9.19. The van der Waals surface area contributed by atoms with Gasteiger partial charge in [-0.3, -0.25) is 4.79 Å². The van der Waals surface area contributed by atoms with Crippen molar-refractivity contribution in [3.63, 3.8) is 0 Å². The highest BCUT2D eigenvalue weighted by molar-refractivity contribution is 9.10. The second-order valence-corrected chi connectivity index (χ2v) is 9.65. The third kappa shape index (κ3) is 6.61.